The lowest BCUT2D eigenvalue weighted by Gasteiger charge is -2.44. The minimum atomic E-state index is -5.60. The van der Waals surface area contributed by atoms with E-state index in [9.17, 15) is 63.1 Å². The van der Waals surface area contributed by atoms with Crippen molar-refractivity contribution in [3.8, 4) is 0 Å². The van der Waals surface area contributed by atoms with E-state index in [4.69, 9.17) is 24.3 Å². The first-order valence-electron chi connectivity index (χ1n) is 23.5. The Balaban J connectivity index is 2.73. The molecule has 380 valence electrons. The van der Waals surface area contributed by atoms with E-state index < -0.39 is 91.3 Å². The number of hydrogen-bond donors (Lipinski definition) is 9. The summed E-state index contributed by atoms with van der Waals surface area (Å²) in [4.78, 5) is 73.1. The number of phosphoric acid groups is 3. The second kappa shape index (κ2) is 35.3. The molecule has 1 aliphatic carbocycles. The van der Waals surface area contributed by atoms with Crippen LogP contribution in [0.1, 0.15) is 187 Å². The number of carbonyl (C=O) groups excluding carboxylic acids is 2. The molecule has 0 heterocycles. The van der Waals surface area contributed by atoms with E-state index in [1.807, 2.05) is 0 Å². The molecule has 0 spiro atoms. The Labute approximate surface area is 380 Å². The molecule has 1 aliphatic rings. The van der Waals surface area contributed by atoms with E-state index in [0.29, 0.717) is 12.8 Å². The lowest BCUT2D eigenvalue weighted by atomic mass is 9.85. The number of ether oxygens (including phenoxy) is 2. The van der Waals surface area contributed by atoms with Gasteiger partial charge in [0.2, 0.25) is 0 Å². The number of unbranched alkanes of at least 4 members (excludes halogenated alkanes) is 24. The van der Waals surface area contributed by atoms with Crippen LogP contribution in [-0.4, -0.2) is 114 Å². The van der Waals surface area contributed by atoms with Crippen LogP contribution in [0.25, 0.3) is 0 Å². The Bertz CT molecular complexity index is 1370. The van der Waals surface area contributed by atoms with Crippen molar-refractivity contribution < 1.29 is 90.6 Å². The van der Waals surface area contributed by atoms with Crippen LogP contribution < -0.4 is 5.73 Å². The Kier molecular flexibility index (Phi) is 33.7. The average Bonchev–Trinajstić information content (AvgIpc) is 3.22. The van der Waals surface area contributed by atoms with Crippen LogP contribution in [0.3, 0.4) is 0 Å². The van der Waals surface area contributed by atoms with Gasteiger partial charge in [0.1, 0.15) is 43.2 Å². The Morgan fingerprint density at radius 3 is 1.25 bits per heavy atom. The van der Waals surface area contributed by atoms with Crippen molar-refractivity contribution in [1.29, 1.82) is 0 Å². The summed E-state index contributed by atoms with van der Waals surface area (Å²) in [6.45, 7) is 1.48. The molecule has 0 aromatic rings. The van der Waals surface area contributed by atoms with Crippen molar-refractivity contribution in [1.82, 2.24) is 0 Å². The maximum atomic E-state index is 13.1. The molecule has 0 saturated heterocycles. The van der Waals surface area contributed by atoms with Gasteiger partial charge in [-0.25, -0.2) is 13.7 Å². The van der Waals surface area contributed by atoms with Crippen LogP contribution >= 0.6 is 23.5 Å². The number of nitrogens with two attached hydrogens (primary N) is 1. The van der Waals surface area contributed by atoms with Gasteiger partial charge in [0, 0.05) is 12.8 Å². The molecule has 1 rings (SSSR count). The van der Waals surface area contributed by atoms with Gasteiger partial charge >= 0.3 is 35.4 Å². The summed E-state index contributed by atoms with van der Waals surface area (Å²) in [6.07, 6.45) is 12.1. The first-order valence-corrected chi connectivity index (χ1v) is 28.1. The molecule has 1 fully saturated rings. The minimum Gasteiger partial charge on any atom is -0.462 e. The van der Waals surface area contributed by atoms with Crippen LogP contribution in [0.15, 0.2) is 0 Å². The van der Waals surface area contributed by atoms with E-state index >= 15 is 0 Å². The molecule has 0 amide bonds. The number of aliphatic hydroxyl groups is 3. The van der Waals surface area contributed by atoms with Crippen LogP contribution in [0, 0.1) is 0 Å². The van der Waals surface area contributed by atoms with E-state index in [1.165, 1.54) is 89.9 Å². The molecular formula is C41H82NO19P3. The van der Waals surface area contributed by atoms with Crippen LogP contribution in [0.2, 0.25) is 0 Å². The van der Waals surface area contributed by atoms with Crippen LogP contribution in [0.4, 0.5) is 0 Å². The summed E-state index contributed by atoms with van der Waals surface area (Å²) in [5.41, 5.74) is 5.53. The maximum Gasteiger partial charge on any atom is 0.472 e. The van der Waals surface area contributed by atoms with Gasteiger partial charge in [0.25, 0.3) is 0 Å². The highest BCUT2D eigenvalue weighted by atomic mass is 31.2. The van der Waals surface area contributed by atoms with E-state index in [0.717, 1.165) is 70.8 Å². The van der Waals surface area contributed by atoms with Crippen molar-refractivity contribution >= 4 is 35.4 Å². The number of phosphoric ester groups is 3. The van der Waals surface area contributed by atoms with E-state index in [-0.39, 0.29) is 12.8 Å². The predicted octanol–water partition coefficient (Wildman–Crippen LogP) is 6.90. The monoisotopic (exact) mass is 985 g/mol. The van der Waals surface area contributed by atoms with Gasteiger partial charge in [-0.3, -0.25) is 27.7 Å². The highest BCUT2D eigenvalue weighted by Crippen LogP contribution is 2.51. The molecule has 64 heavy (non-hydrogen) atoms. The van der Waals surface area contributed by atoms with Gasteiger partial charge in [0.15, 0.2) is 6.10 Å². The highest BCUT2D eigenvalue weighted by molar-refractivity contribution is 7.47. The molecule has 4 unspecified atom stereocenters. The van der Waals surface area contributed by atoms with Gasteiger partial charge in [-0.2, -0.15) is 0 Å². The van der Waals surface area contributed by atoms with Gasteiger partial charge in [-0.05, 0) is 25.8 Å². The van der Waals surface area contributed by atoms with Crippen molar-refractivity contribution in [2.24, 2.45) is 5.73 Å². The number of aliphatic hydroxyl groups excluding tert-OH is 3. The van der Waals surface area contributed by atoms with Crippen molar-refractivity contribution in [2.75, 3.05) is 19.8 Å². The van der Waals surface area contributed by atoms with Crippen LogP contribution in [-0.2, 0) is 50.9 Å². The Morgan fingerprint density at radius 2 is 0.844 bits per heavy atom. The molecule has 20 nitrogen and oxygen atoms in total. The first-order chi connectivity index (χ1) is 30.3. The minimum absolute atomic E-state index is 0.00187. The molecule has 23 heteroatoms. The zero-order chi connectivity index (χ0) is 47.9. The average molecular weight is 986 g/mol. The number of carbonyl (C=O) groups is 2. The van der Waals surface area contributed by atoms with Gasteiger partial charge < -0.3 is 55.0 Å². The molecule has 0 aliphatic heterocycles. The summed E-state index contributed by atoms with van der Waals surface area (Å²) in [6, 6.07) is 0. The molecule has 0 bridgehead atoms. The predicted molar refractivity (Wildman–Crippen MR) is 237 cm³/mol. The third kappa shape index (κ3) is 31.2. The molecule has 10 N–H and O–H groups in total. The van der Waals surface area contributed by atoms with Gasteiger partial charge in [-0.1, -0.05) is 155 Å². The second-order valence-electron chi connectivity index (χ2n) is 16.8. The van der Waals surface area contributed by atoms with Gasteiger partial charge in [-0.15, -0.1) is 0 Å². The fourth-order valence-electron chi connectivity index (χ4n) is 7.48. The lowest BCUT2D eigenvalue weighted by Crippen LogP contribution is -2.65. The quantitative estimate of drug-likeness (QED) is 0.0171. The smallest absolute Gasteiger partial charge is 0.462 e. The normalized spacial score (nSPS) is 22.0. The van der Waals surface area contributed by atoms with Crippen molar-refractivity contribution in [3.05, 3.63) is 0 Å². The largest absolute Gasteiger partial charge is 0.472 e. The molecular weight excluding hydrogens is 903 g/mol. The van der Waals surface area contributed by atoms with E-state index in [2.05, 4.69) is 16.0 Å². The molecule has 0 aromatic heterocycles. The van der Waals surface area contributed by atoms with Crippen molar-refractivity contribution in [2.45, 2.75) is 229 Å². The molecule has 1 saturated carbocycles. The Morgan fingerprint density at radius 1 is 0.484 bits per heavy atom. The maximum absolute atomic E-state index is 13.1. The Hall–Kier alpha value is -0.890. The van der Waals surface area contributed by atoms with Gasteiger partial charge in [0.05, 0.1) is 6.61 Å². The first kappa shape index (κ1) is 61.1. The SMILES string of the molecule is CCCCCCCCCCCCCCCC(=O)O[C@H](COC(=O)CCCCCCCCCCCCCCCN)COP(=O)(O)OC1C(O)[C@@H](O)C(OP(=O)(O)O)[C@@H](OP(=O)(O)O)[C@H]1O. The summed E-state index contributed by atoms with van der Waals surface area (Å²) < 4.78 is 65.4. The summed E-state index contributed by atoms with van der Waals surface area (Å²) in [5.74, 6) is -1.29. The lowest BCUT2D eigenvalue weighted by molar-refractivity contribution is -0.213. The summed E-state index contributed by atoms with van der Waals surface area (Å²) in [7, 11) is -16.6. The third-order valence-corrected chi connectivity index (χ3v) is 13.0. The standard InChI is InChI=1S/C41H82NO19P3/c1-2-3-4-5-6-7-8-10-14-17-20-23-26-29-35(44)58-33(31-56-34(43)28-25-22-19-16-13-11-9-12-15-18-21-24-27-30-42)32-57-64(54,55)61-39-36(45)37(46)40(59-62(48,49)50)41(38(39)47)60-63(51,52)53/h33,36-41,45-47H,2-32,42H2,1H3,(H,54,55)(H2,48,49,50)(H2,51,52,53)/t33-,36?,37-,38+,39?,40?,41+/m1/s1. The number of rotatable bonds is 41. The zero-order valence-corrected chi connectivity index (χ0v) is 40.6. The van der Waals surface area contributed by atoms with Crippen molar-refractivity contribution in [3.63, 3.8) is 0 Å². The fourth-order valence-corrected chi connectivity index (χ4v) is 9.57. The molecule has 0 radical (unpaired) electrons. The number of hydrogen-bond acceptors (Lipinski definition) is 15. The topological polar surface area (TPSA) is 329 Å². The van der Waals surface area contributed by atoms with E-state index in [1.54, 1.807) is 0 Å². The summed E-state index contributed by atoms with van der Waals surface area (Å²) in [5, 5.41) is 31.8. The zero-order valence-electron chi connectivity index (χ0n) is 37.9. The fraction of sp³-hybridized carbons (Fsp3) is 0.951. The molecule has 0 aromatic carbocycles. The second-order valence-corrected chi connectivity index (χ2v) is 20.6. The summed E-state index contributed by atoms with van der Waals surface area (Å²) >= 11 is 0. The third-order valence-electron chi connectivity index (χ3n) is 11.0. The highest BCUT2D eigenvalue weighted by Gasteiger charge is 2.56. The molecule has 8 atom stereocenters. The van der Waals surface area contributed by atoms with Crippen LogP contribution in [0.5, 0.6) is 0 Å². The number of esters is 2.